The minimum Gasteiger partial charge on any atom is -0.464 e. The molecule has 3 aromatic rings. The van der Waals surface area contributed by atoms with E-state index in [0.717, 1.165) is 5.56 Å². The Morgan fingerprint density at radius 3 is 1.88 bits per heavy atom. The van der Waals surface area contributed by atoms with E-state index < -0.39 is 0 Å². The molecule has 0 aromatic heterocycles. The van der Waals surface area contributed by atoms with E-state index in [4.69, 9.17) is 14.2 Å². The minimum atomic E-state index is -0.255. The largest absolute Gasteiger partial charge is 0.464 e. The van der Waals surface area contributed by atoms with E-state index in [1.807, 2.05) is 17.0 Å². The number of carbonyl (C=O) groups is 1. The van der Waals surface area contributed by atoms with Gasteiger partial charge in [-0.25, -0.2) is 0 Å². The van der Waals surface area contributed by atoms with Gasteiger partial charge in [-0.3, -0.25) is 9.69 Å². The van der Waals surface area contributed by atoms with Gasteiger partial charge in [-0.2, -0.15) is 0 Å². The lowest BCUT2D eigenvalue weighted by Gasteiger charge is -2.19. The summed E-state index contributed by atoms with van der Waals surface area (Å²) in [5, 5.41) is 0. The second-order valence-corrected chi connectivity index (χ2v) is 9.54. The summed E-state index contributed by atoms with van der Waals surface area (Å²) in [4.78, 5) is 17.9. The Morgan fingerprint density at radius 2 is 1.33 bits per heavy atom. The second kappa shape index (κ2) is 13.8. The SMILES string of the molecule is COCCN(COC)CC(=O)OCCc1ccc([S+](c2ccccc2)c2ccccc2)cc1. The van der Waals surface area contributed by atoms with Crippen molar-refractivity contribution in [3.05, 3.63) is 90.5 Å². The number of hydrogen-bond acceptors (Lipinski definition) is 5. The lowest BCUT2D eigenvalue weighted by Crippen LogP contribution is -2.35. The molecule has 0 atom stereocenters. The van der Waals surface area contributed by atoms with Crippen LogP contribution >= 0.6 is 0 Å². The van der Waals surface area contributed by atoms with Crippen molar-refractivity contribution in [2.75, 3.05) is 47.3 Å². The average Bonchev–Trinajstić information content (AvgIpc) is 2.85. The standard InChI is InChI=1S/C27H32NO4S/c1-30-20-18-28(22-31-2)21-27(29)32-19-17-23-13-15-26(16-14-23)33(24-9-5-3-6-10-24)25-11-7-4-8-12-25/h3-16H,17-22H2,1-2H3/q+1. The number of carbonyl (C=O) groups excluding carboxylic acids is 1. The van der Waals surface area contributed by atoms with E-state index in [2.05, 4.69) is 72.8 Å². The van der Waals surface area contributed by atoms with Gasteiger partial charge in [0.2, 0.25) is 0 Å². The quantitative estimate of drug-likeness (QED) is 0.212. The molecule has 0 aliphatic heterocycles. The molecular formula is C27H32NO4S+. The zero-order valence-corrected chi connectivity index (χ0v) is 20.1. The van der Waals surface area contributed by atoms with E-state index in [1.54, 1.807) is 14.2 Å². The van der Waals surface area contributed by atoms with Crippen molar-refractivity contribution in [3.63, 3.8) is 0 Å². The molecule has 0 radical (unpaired) electrons. The summed E-state index contributed by atoms with van der Waals surface area (Å²) in [7, 11) is 3.08. The lowest BCUT2D eigenvalue weighted by molar-refractivity contribution is -0.146. The Labute approximate surface area is 199 Å². The maximum Gasteiger partial charge on any atom is 0.320 e. The fourth-order valence-electron chi connectivity index (χ4n) is 3.42. The number of benzene rings is 3. The zero-order valence-electron chi connectivity index (χ0n) is 19.3. The normalized spacial score (nSPS) is 11.2. The van der Waals surface area contributed by atoms with Gasteiger partial charge in [0.05, 0.1) is 37.4 Å². The van der Waals surface area contributed by atoms with Crippen molar-refractivity contribution in [3.8, 4) is 0 Å². The molecule has 0 unspecified atom stereocenters. The van der Waals surface area contributed by atoms with Crippen LogP contribution in [0, 0.1) is 0 Å². The molecular weight excluding hydrogens is 434 g/mol. The van der Waals surface area contributed by atoms with Crippen molar-refractivity contribution < 1.29 is 19.0 Å². The maximum atomic E-state index is 12.2. The predicted octanol–water partition coefficient (Wildman–Crippen LogP) is 4.42. The first kappa shape index (κ1) is 25.0. The molecule has 6 heteroatoms. The molecule has 0 heterocycles. The van der Waals surface area contributed by atoms with E-state index in [-0.39, 0.29) is 23.4 Å². The summed E-state index contributed by atoms with van der Waals surface area (Å²) in [5.41, 5.74) is 1.14. The van der Waals surface area contributed by atoms with E-state index in [9.17, 15) is 4.79 Å². The van der Waals surface area contributed by atoms with E-state index >= 15 is 0 Å². The number of methoxy groups -OCH3 is 2. The summed E-state index contributed by atoms with van der Waals surface area (Å²) in [6, 6.07) is 29.8. The molecule has 5 nitrogen and oxygen atoms in total. The van der Waals surface area contributed by atoms with Crippen LogP contribution in [0.1, 0.15) is 5.56 Å². The van der Waals surface area contributed by atoms with Crippen LogP contribution in [0.4, 0.5) is 0 Å². The number of ether oxygens (including phenoxy) is 3. The Kier molecular flexibility index (Phi) is 10.5. The number of rotatable bonds is 13. The predicted molar refractivity (Wildman–Crippen MR) is 131 cm³/mol. The Morgan fingerprint density at radius 1 is 0.758 bits per heavy atom. The average molecular weight is 467 g/mol. The molecule has 3 aromatic carbocycles. The Bertz CT molecular complexity index is 911. The van der Waals surface area contributed by atoms with Crippen molar-refractivity contribution in [1.29, 1.82) is 0 Å². The third kappa shape index (κ3) is 8.02. The first-order chi connectivity index (χ1) is 16.2. The van der Waals surface area contributed by atoms with Crippen LogP contribution in [0.15, 0.2) is 99.6 Å². The van der Waals surface area contributed by atoms with Gasteiger partial charge in [-0.05, 0) is 42.0 Å². The molecule has 0 N–H and O–H groups in total. The van der Waals surface area contributed by atoms with Crippen molar-refractivity contribution >= 4 is 16.9 Å². The van der Waals surface area contributed by atoms with Crippen LogP contribution in [0.25, 0.3) is 0 Å². The molecule has 0 aliphatic carbocycles. The lowest BCUT2D eigenvalue weighted by atomic mass is 10.2. The van der Waals surface area contributed by atoms with E-state index in [0.29, 0.717) is 32.9 Å². The molecule has 0 saturated carbocycles. The summed E-state index contributed by atoms with van der Waals surface area (Å²) in [6.45, 7) is 2.06. The number of esters is 1. The summed E-state index contributed by atoms with van der Waals surface area (Å²) in [6.07, 6.45) is 0.679. The van der Waals surface area contributed by atoms with Crippen molar-refractivity contribution in [2.24, 2.45) is 0 Å². The summed E-state index contributed by atoms with van der Waals surface area (Å²) < 4.78 is 15.7. The maximum absolute atomic E-state index is 12.2. The summed E-state index contributed by atoms with van der Waals surface area (Å²) in [5.74, 6) is -0.255. The first-order valence-electron chi connectivity index (χ1n) is 11.0. The van der Waals surface area contributed by atoms with Gasteiger partial charge in [0, 0.05) is 27.2 Å². The van der Waals surface area contributed by atoms with Crippen molar-refractivity contribution in [1.82, 2.24) is 4.90 Å². The highest BCUT2D eigenvalue weighted by Crippen LogP contribution is 2.31. The number of hydrogen-bond donors (Lipinski definition) is 0. The van der Waals surface area contributed by atoms with Crippen LogP contribution in [0.2, 0.25) is 0 Å². The first-order valence-corrected chi connectivity index (χ1v) is 12.2. The second-order valence-electron chi connectivity index (χ2n) is 7.51. The minimum absolute atomic E-state index is 0.161. The van der Waals surface area contributed by atoms with Crippen LogP contribution in [0.3, 0.4) is 0 Å². The fraction of sp³-hybridized carbons (Fsp3) is 0.296. The Hall–Kier alpha value is -2.64. The molecule has 33 heavy (non-hydrogen) atoms. The molecule has 0 amide bonds. The van der Waals surface area contributed by atoms with Gasteiger partial charge in [0.15, 0.2) is 14.7 Å². The van der Waals surface area contributed by atoms with Gasteiger partial charge >= 0.3 is 5.97 Å². The molecule has 3 rings (SSSR count). The zero-order chi connectivity index (χ0) is 23.3. The monoisotopic (exact) mass is 466 g/mol. The van der Waals surface area contributed by atoms with Crippen LogP contribution in [0.5, 0.6) is 0 Å². The van der Waals surface area contributed by atoms with Crippen LogP contribution < -0.4 is 0 Å². The summed E-state index contributed by atoms with van der Waals surface area (Å²) >= 11 is 0. The molecule has 0 bridgehead atoms. The van der Waals surface area contributed by atoms with Crippen LogP contribution in [-0.2, 0) is 36.3 Å². The molecule has 0 fully saturated rings. The molecule has 0 saturated heterocycles. The van der Waals surface area contributed by atoms with Gasteiger partial charge in [0.25, 0.3) is 0 Å². The highest BCUT2D eigenvalue weighted by molar-refractivity contribution is 7.97. The topological polar surface area (TPSA) is 48.0 Å². The van der Waals surface area contributed by atoms with Gasteiger partial charge < -0.3 is 14.2 Å². The molecule has 0 aliphatic rings. The molecule has 174 valence electrons. The highest BCUT2D eigenvalue weighted by atomic mass is 32.2. The Balaban J connectivity index is 1.58. The van der Waals surface area contributed by atoms with Gasteiger partial charge in [0.1, 0.15) is 0 Å². The van der Waals surface area contributed by atoms with Gasteiger partial charge in [-0.15, -0.1) is 0 Å². The van der Waals surface area contributed by atoms with Gasteiger partial charge in [-0.1, -0.05) is 48.5 Å². The molecule has 0 spiro atoms. The third-order valence-electron chi connectivity index (χ3n) is 5.05. The number of nitrogens with zero attached hydrogens (tertiary/aromatic N) is 1. The highest BCUT2D eigenvalue weighted by Gasteiger charge is 2.28. The third-order valence-corrected chi connectivity index (χ3v) is 7.28. The van der Waals surface area contributed by atoms with E-state index in [1.165, 1.54) is 14.7 Å². The smallest absolute Gasteiger partial charge is 0.320 e. The van der Waals surface area contributed by atoms with Crippen molar-refractivity contribution in [2.45, 2.75) is 21.1 Å². The fourth-order valence-corrected chi connectivity index (χ4v) is 5.50. The van der Waals surface area contributed by atoms with Crippen LogP contribution in [-0.4, -0.2) is 58.1 Å².